The highest BCUT2D eigenvalue weighted by Crippen LogP contribution is 2.66. The van der Waals surface area contributed by atoms with E-state index in [2.05, 4.69) is 6.92 Å². The van der Waals surface area contributed by atoms with Gasteiger partial charge in [-0.15, -0.1) is 0 Å². The predicted octanol–water partition coefficient (Wildman–Crippen LogP) is 1.52. The molecule has 0 unspecified atom stereocenters. The highest BCUT2D eigenvalue weighted by molar-refractivity contribution is 6.01. The van der Waals surface area contributed by atoms with E-state index in [1.165, 1.54) is 0 Å². The lowest BCUT2D eigenvalue weighted by Crippen LogP contribution is -2.62. The number of ketones is 2. The summed E-state index contributed by atoms with van der Waals surface area (Å²) in [4.78, 5) is 24.3. The molecule has 4 N–H and O–H groups in total. The van der Waals surface area contributed by atoms with E-state index in [1.807, 2.05) is 13.0 Å². The summed E-state index contributed by atoms with van der Waals surface area (Å²) in [5.74, 6) is 0.137. The van der Waals surface area contributed by atoms with Crippen molar-refractivity contribution in [3.8, 4) is 0 Å². The third kappa shape index (κ3) is 2.08. The Kier molecular flexibility index (Phi) is 3.89. The van der Waals surface area contributed by atoms with Crippen LogP contribution < -0.4 is 5.73 Å². The molecule has 5 heteroatoms. The van der Waals surface area contributed by atoms with Gasteiger partial charge in [-0.2, -0.15) is 0 Å². The summed E-state index contributed by atoms with van der Waals surface area (Å²) < 4.78 is 0. The minimum Gasteiger partial charge on any atom is -0.393 e. The summed E-state index contributed by atoms with van der Waals surface area (Å²) in [6.07, 6.45) is 8.02. The lowest BCUT2D eigenvalue weighted by Gasteiger charge is -2.59. The maximum atomic E-state index is 12.5. The quantitative estimate of drug-likeness (QED) is 0.694. The zero-order valence-corrected chi connectivity index (χ0v) is 15.6. The van der Waals surface area contributed by atoms with Crippen LogP contribution in [0.5, 0.6) is 0 Å². The largest absolute Gasteiger partial charge is 0.393 e. The van der Waals surface area contributed by atoms with Crippen molar-refractivity contribution in [2.75, 3.05) is 6.54 Å². The smallest absolute Gasteiger partial charge is 0.178 e. The van der Waals surface area contributed by atoms with E-state index in [9.17, 15) is 19.8 Å². The Morgan fingerprint density at radius 1 is 1.35 bits per heavy atom. The van der Waals surface area contributed by atoms with Crippen LogP contribution in [0, 0.1) is 28.6 Å². The number of Topliss-reactive ketones (excluding diaryl/α,β-unsaturated/α-hetero) is 1. The van der Waals surface area contributed by atoms with Crippen LogP contribution in [0.4, 0.5) is 0 Å². The van der Waals surface area contributed by atoms with Gasteiger partial charge in [-0.1, -0.05) is 25.5 Å². The highest BCUT2D eigenvalue weighted by atomic mass is 16.3. The van der Waals surface area contributed by atoms with Gasteiger partial charge < -0.3 is 15.9 Å². The van der Waals surface area contributed by atoms with Crippen LogP contribution in [-0.2, 0) is 9.59 Å². The molecular weight excluding hydrogens is 330 g/mol. The van der Waals surface area contributed by atoms with Gasteiger partial charge in [0.2, 0.25) is 0 Å². The molecule has 0 heterocycles. The number of allylic oxidation sites excluding steroid dienone is 4. The number of hydrogen-bond donors (Lipinski definition) is 3. The van der Waals surface area contributed by atoms with Gasteiger partial charge in [0, 0.05) is 16.7 Å². The Hall–Kier alpha value is -1.30. The van der Waals surface area contributed by atoms with E-state index in [-0.39, 0.29) is 41.3 Å². The molecule has 26 heavy (non-hydrogen) atoms. The minimum atomic E-state index is -1.44. The number of aliphatic hydroxyl groups is 2. The molecule has 0 aromatic rings. The van der Waals surface area contributed by atoms with Gasteiger partial charge in [0.15, 0.2) is 11.6 Å². The van der Waals surface area contributed by atoms with Crippen LogP contribution in [0.25, 0.3) is 0 Å². The second kappa shape index (κ2) is 5.60. The molecule has 4 rings (SSSR count). The van der Waals surface area contributed by atoms with Crippen molar-refractivity contribution in [2.45, 2.75) is 57.7 Å². The molecule has 0 spiro atoms. The molecule has 0 bridgehead atoms. The van der Waals surface area contributed by atoms with Crippen molar-refractivity contribution >= 4 is 11.6 Å². The summed E-state index contributed by atoms with van der Waals surface area (Å²) in [7, 11) is 0. The molecule has 4 aliphatic carbocycles. The highest BCUT2D eigenvalue weighted by Gasteiger charge is 2.67. The molecule has 5 nitrogen and oxygen atoms in total. The molecule has 4 aliphatic rings. The summed E-state index contributed by atoms with van der Waals surface area (Å²) >= 11 is 0. The van der Waals surface area contributed by atoms with E-state index in [1.54, 1.807) is 12.2 Å². The predicted molar refractivity (Wildman–Crippen MR) is 97.0 cm³/mol. The van der Waals surface area contributed by atoms with Crippen LogP contribution in [-0.4, -0.2) is 40.0 Å². The molecule has 3 fully saturated rings. The number of aliphatic hydroxyl groups excluding tert-OH is 1. The number of nitrogens with two attached hydrogens (primary N) is 1. The number of carbonyl (C=O) groups excluding carboxylic acids is 2. The molecule has 0 radical (unpaired) electrons. The summed E-state index contributed by atoms with van der Waals surface area (Å²) in [5.41, 5.74) is 4.29. The Bertz CT molecular complexity index is 728. The molecule has 0 aromatic carbocycles. The first-order valence-corrected chi connectivity index (χ1v) is 9.75. The SMILES string of the molecule is C[C@]12C=CC(=O)C=C1CC[C@H]1[C@H]2[C@H](O)C[C@@]2(C)[C@@H]1CC[C@@]2(O)C(=O)CN. The van der Waals surface area contributed by atoms with Gasteiger partial charge in [-0.3, -0.25) is 9.59 Å². The molecule has 142 valence electrons. The van der Waals surface area contributed by atoms with E-state index >= 15 is 0 Å². The third-order valence-corrected chi connectivity index (χ3v) is 8.29. The summed E-state index contributed by atoms with van der Waals surface area (Å²) in [6, 6.07) is 0. The number of fused-ring (bicyclic) bond motifs is 5. The normalized spacial score (nSPS) is 49.9. The van der Waals surface area contributed by atoms with Crippen LogP contribution in [0.15, 0.2) is 23.8 Å². The fourth-order valence-electron chi connectivity index (χ4n) is 6.96. The zero-order chi connectivity index (χ0) is 18.9. The lowest BCUT2D eigenvalue weighted by molar-refractivity contribution is -0.175. The Balaban J connectivity index is 1.75. The van der Waals surface area contributed by atoms with Crippen LogP contribution >= 0.6 is 0 Å². The number of carbonyl (C=O) groups is 2. The van der Waals surface area contributed by atoms with Gasteiger partial charge in [0.05, 0.1) is 12.6 Å². The van der Waals surface area contributed by atoms with Gasteiger partial charge in [0.25, 0.3) is 0 Å². The zero-order valence-electron chi connectivity index (χ0n) is 15.6. The minimum absolute atomic E-state index is 0.0141. The van der Waals surface area contributed by atoms with Crippen LogP contribution in [0.2, 0.25) is 0 Å². The topological polar surface area (TPSA) is 101 Å². The molecule has 0 aliphatic heterocycles. The number of rotatable bonds is 2. The maximum absolute atomic E-state index is 12.5. The van der Waals surface area contributed by atoms with E-state index in [0.29, 0.717) is 12.8 Å². The molecule has 0 amide bonds. The van der Waals surface area contributed by atoms with E-state index in [4.69, 9.17) is 5.73 Å². The molecule has 0 aromatic heterocycles. The summed E-state index contributed by atoms with van der Waals surface area (Å²) in [5, 5.41) is 22.4. The van der Waals surface area contributed by atoms with E-state index in [0.717, 1.165) is 24.8 Å². The van der Waals surface area contributed by atoms with Crippen molar-refractivity contribution in [1.82, 2.24) is 0 Å². The third-order valence-electron chi connectivity index (χ3n) is 8.29. The first-order chi connectivity index (χ1) is 12.2. The molecular formula is C21H29NO4. The standard InChI is InChI=1S/C21H29NO4/c1-19-7-5-13(23)9-12(19)3-4-14-15-6-8-21(26,17(25)11-22)20(15,2)10-16(24)18(14)19/h5,7,9,14-16,18,24,26H,3-4,6,8,10-11,22H2,1-2H3/t14-,15-,16-,18+,19+,20+,21-/m1/s1. The maximum Gasteiger partial charge on any atom is 0.178 e. The summed E-state index contributed by atoms with van der Waals surface area (Å²) in [6.45, 7) is 3.92. The van der Waals surface area contributed by atoms with Crippen molar-refractivity contribution in [1.29, 1.82) is 0 Å². The Labute approximate surface area is 154 Å². The monoisotopic (exact) mass is 359 g/mol. The van der Waals surface area contributed by atoms with Crippen molar-refractivity contribution in [3.63, 3.8) is 0 Å². The first kappa shape index (κ1) is 18.1. The van der Waals surface area contributed by atoms with Crippen LogP contribution in [0.3, 0.4) is 0 Å². The molecule has 7 atom stereocenters. The second-order valence-corrected chi connectivity index (χ2v) is 9.24. The van der Waals surface area contributed by atoms with Gasteiger partial charge in [-0.05, 0) is 56.1 Å². The van der Waals surface area contributed by atoms with Crippen molar-refractivity contribution < 1.29 is 19.8 Å². The van der Waals surface area contributed by atoms with Crippen LogP contribution in [0.1, 0.15) is 46.0 Å². The van der Waals surface area contributed by atoms with Gasteiger partial charge in [0.1, 0.15) is 5.60 Å². The van der Waals surface area contributed by atoms with Crippen molar-refractivity contribution in [3.05, 3.63) is 23.8 Å². The lowest BCUT2D eigenvalue weighted by atomic mass is 9.46. The fourth-order valence-corrected chi connectivity index (χ4v) is 6.96. The fraction of sp³-hybridized carbons (Fsp3) is 0.714. The van der Waals surface area contributed by atoms with E-state index < -0.39 is 17.1 Å². The van der Waals surface area contributed by atoms with Gasteiger partial charge in [-0.25, -0.2) is 0 Å². The van der Waals surface area contributed by atoms with Crippen molar-refractivity contribution in [2.24, 2.45) is 34.3 Å². The van der Waals surface area contributed by atoms with Gasteiger partial charge >= 0.3 is 0 Å². The molecule has 3 saturated carbocycles. The average molecular weight is 359 g/mol. The first-order valence-electron chi connectivity index (χ1n) is 9.75. The second-order valence-electron chi connectivity index (χ2n) is 9.24. The average Bonchev–Trinajstić information content (AvgIpc) is 2.86. The molecule has 0 saturated heterocycles. The number of hydrogen-bond acceptors (Lipinski definition) is 5. The Morgan fingerprint density at radius 3 is 2.77 bits per heavy atom. The Morgan fingerprint density at radius 2 is 2.08 bits per heavy atom.